The molecule has 3 aromatic rings. The number of thiophene rings is 1. The molecular weight excluding hydrogens is 414 g/mol. The number of pyridine rings is 1. The number of nitrogens with one attached hydrogen (secondary N) is 1. The van der Waals surface area contributed by atoms with Crippen molar-refractivity contribution in [3.63, 3.8) is 0 Å². The van der Waals surface area contributed by atoms with Crippen molar-refractivity contribution in [2.45, 2.75) is 31.8 Å². The van der Waals surface area contributed by atoms with Gasteiger partial charge in [0.1, 0.15) is 5.82 Å². The molecule has 1 saturated heterocycles. The quantitative estimate of drug-likeness (QED) is 0.681. The van der Waals surface area contributed by atoms with Gasteiger partial charge >= 0.3 is 0 Å². The number of H-pyrrole nitrogens is 1. The van der Waals surface area contributed by atoms with Crippen LogP contribution in [0.25, 0.3) is 0 Å². The van der Waals surface area contributed by atoms with Gasteiger partial charge in [0.2, 0.25) is 0 Å². The van der Waals surface area contributed by atoms with Crippen molar-refractivity contribution in [3.8, 4) is 0 Å². The summed E-state index contributed by atoms with van der Waals surface area (Å²) < 4.78 is 0. The topological polar surface area (TPSA) is 99.3 Å². The summed E-state index contributed by atoms with van der Waals surface area (Å²) in [4.78, 5) is 54.3. The maximum atomic E-state index is 13.0. The lowest BCUT2D eigenvalue weighted by Crippen LogP contribution is -2.40. The highest BCUT2D eigenvalue weighted by Crippen LogP contribution is 2.31. The standard InChI is InChI=1S/C22H21N5O3S/c28-20-15-13-26(22(30)18-6-3-11-31-18)10-7-16(15)24-19(25-20)17-5-2-9-27(17)21(29)14-4-1-8-23-12-14/h1,3-4,6,8,11-12,17H,2,5,7,9-10,13H2,(H,24,25,28)/t17-/m1/s1. The lowest BCUT2D eigenvalue weighted by molar-refractivity contribution is 0.0718. The first-order chi connectivity index (χ1) is 15.1. The SMILES string of the molecule is O=C(c1cccs1)N1CCc2nc([C@H]3CCCN3C(=O)c3cccnc3)[nH]c(=O)c2C1. The Balaban J connectivity index is 1.40. The molecule has 0 aliphatic carbocycles. The fourth-order valence-electron chi connectivity index (χ4n) is 4.28. The Morgan fingerprint density at radius 1 is 1.16 bits per heavy atom. The van der Waals surface area contributed by atoms with E-state index in [1.165, 1.54) is 11.3 Å². The third-order valence-electron chi connectivity index (χ3n) is 5.84. The third-order valence-corrected chi connectivity index (χ3v) is 6.70. The second-order valence-electron chi connectivity index (χ2n) is 7.73. The van der Waals surface area contributed by atoms with Crippen LogP contribution >= 0.6 is 11.3 Å². The Morgan fingerprint density at radius 3 is 2.84 bits per heavy atom. The molecule has 5 rings (SSSR count). The lowest BCUT2D eigenvalue weighted by Gasteiger charge is -2.29. The minimum atomic E-state index is -0.267. The summed E-state index contributed by atoms with van der Waals surface area (Å²) in [6.07, 6.45) is 5.30. The third kappa shape index (κ3) is 3.65. The second-order valence-corrected chi connectivity index (χ2v) is 8.68. The first kappa shape index (κ1) is 19.6. The molecule has 158 valence electrons. The largest absolute Gasteiger partial charge is 0.333 e. The van der Waals surface area contributed by atoms with E-state index in [4.69, 9.17) is 4.98 Å². The molecule has 1 atom stereocenters. The van der Waals surface area contributed by atoms with Crippen LogP contribution in [0.15, 0.2) is 46.8 Å². The van der Waals surface area contributed by atoms with E-state index in [1.54, 1.807) is 40.4 Å². The summed E-state index contributed by atoms with van der Waals surface area (Å²) in [7, 11) is 0. The Hall–Kier alpha value is -3.33. The van der Waals surface area contributed by atoms with Crippen LogP contribution in [0.3, 0.4) is 0 Å². The molecule has 1 N–H and O–H groups in total. The Kier molecular flexibility index (Phi) is 5.11. The van der Waals surface area contributed by atoms with Crippen molar-refractivity contribution >= 4 is 23.2 Å². The smallest absolute Gasteiger partial charge is 0.264 e. The number of carbonyl (C=O) groups excluding carboxylic acids is 2. The molecule has 5 heterocycles. The number of carbonyl (C=O) groups is 2. The van der Waals surface area contributed by atoms with Gasteiger partial charge in [0.15, 0.2) is 0 Å². The summed E-state index contributed by atoms with van der Waals surface area (Å²) in [6.45, 7) is 1.38. The molecule has 0 saturated carbocycles. The van der Waals surface area contributed by atoms with Gasteiger partial charge in [-0.1, -0.05) is 6.07 Å². The average Bonchev–Trinajstić information content (AvgIpc) is 3.51. The van der Waals surface area contributed by atoms with Crippen molar-refractivity contribution < 1.29 is 9.59 Å². The normalized spacial score (nSPS) is 18.1. The van der Waals surface area contributed by atoms with Crippen LogP contribution in [0.5, 0.6) is 0 Å². The summed E-state index contributed by atoms with van der Waals surface area (Å²) in [5, 5.41) is 1.87. The van der Waals surface area contributed by atoms with E-state index in [9.17, 15) is 14.4 Å². The first-order valence-electron chi connectivity index (χ1n) is 10.3. The highest BCUT2D eigenvalue weighted by molar-refractivity contribution is 7.12. The van der Waals surface area contributed by atoms with E-state index in [1.807, 2.05) is 11.4 Å². The van der Waals surface area contributed by atoms with Gasteiger partial charge < -0.3 is 14.8 Å². The van der Waals surface area contributed by atoms with Crippen molar-refractivity contribution in [3.05, 3.63) is 79.9 Å². The van der Waals surface area contributed by atoms with Crippen molar-refractivity contribution in [1.82, 2.24) is 24.8 Å². The predicted octanol–water partition coefficient (Wildman–Crippen LogP) is 2.40. The Labute approximate surface area is 182 Å². The van der Waals surface area contributed by atoms with E-state index in [0.717, 1.165) is 18.5 Å². The fraction of sp³-hybridized carbons (Fsp3) is 0.318. The monoisotopic (exact) mass is 435 g/mol. The van der Waals surface area contributed by atoms with Crippen molar-refractivity contribution in [1.29, 1.82) is 0 Å². The summed E-state index contributed by atoms with van der Waals surface area (Å²) in [6, 6.07) is 6.85. The molecular formula is C22H21N5O3S. The zero-order chi connectivity index (χ0) is 21.4. The Bertz CT molecular complexity index is 1180. The van der Waals surface area contributed by atoms with Crippen LogP contribution in [0.1, 0.15) is 56.0 Å². The zero-order valence-corrected chi connectivity index (χ0v) is 17.6. The Morgan fingerprint density at radius 2 is 2.06 bits per heavy atom. The van der Waals surface area contributed by atoms with Gasteiger partial charge in [-0.3, -0.25) is 19.4 Å². The molecule has 8 nitrogen and oxygen atoms in total. The molecule has 0 bridgehead atoms. The maximum absolute atomic E-state index is 13.0. The molecule has 0 radical (unpaired) electrons. The fourth-order valence-corrected chi connectivity index (χ4v) is 4.97. The number of hydrogen-bond acceptors (Lipinski definition) is 6. The second kappa shape index (κ2) is 8.07. The number of fused-ring (bicyclic) bond motifs is 1. The van der Waals surface area contributed by atoms with E-state index in [0.29, 0.717) is 41.3 Å². The van der Waals surface area contributed by atoms with E-state index >= 15 is 0 Å². The lowest BCUT2D eigenvalue weighted by atomic mass is 10.1. The van der Waals surface area contributed by atoms with Crippen LogP contribution < -0.4 is 5.56 Å². The van der Waals surface area contributed by atoms with Crippen LogP contribution in [0, 0.1) is 0 Å². The van der Waals surface area contributed by atoms with Gasteiger partial charge in [-0.15, -0.1) is 11.3 Å². The number of nitrogens with zero attached hydrogens (tertiary/aromatic N) is 4. The molecule has 0 unspecified atom stereocenters. The number of rotatable bonds is 3. The molecule has 0 spiro atoms. The summed E-state index contributed by atoms with van der Waals surface area (Å²) in [5.74, 6) is 0.355. The zero-order valence-electron chi connectivity index (χ0n) is 16.8. The van der Waals surface area contributed by atoms with E-state index in [2.05, 4.69) is 9.97 Å². The summed E-state index contributed by atoms with van der Waals surface area (Å²) in [5.41, 5.74) is 1.54. The molecule has 2 aliphatic rings. The molecule has 31 heavy (non-hydrogen) atoms. The van der Waals surface area contributed by atoms with Crippen LogP contribution in [0.4, 0.5) is 0 Å². The van der Waals surface area contributed by atoms with Crippen LogP contribution in [-0.4, -0.2) is 49.7 Å². The minimum absolute atomic E-state index is 0.0619. The maximum Gasteiger partial charge on any atom is 0.264 e. The average molecular weight is 436 g/mol. The van der Waals surface area contributed by atoms with Gasteiger partial charge in [-0.05, 0) is 36.4 Å². The molecule has 9 heteroatoms. The predicted molar refractivity (Wildman–Crippen MR) is 115 cm³/mol. The number of aromatic amines is 1. The van der Waals surface area contributed by atoms with E-state index < -0.39 is 0 Å². The number of aromatic nitrogens is 3. The number of hydrogen-bond donors (Lipinski definition) is 1. The minimum Gasteiger partial charge on any atom is -0.333 e. The molecule has 3 aromatic heterocycles. The van der Waals surface area contributed by atoms with Gasteiger partial charge in [0.25, 0.3) is 17.4 Å². The molecule has 2 amide bonds. The summed E-state index contributed by atoms with van der Waals surface area (Å²) >= 11 is 1.40. The van der Waals surface area contributed by atoms with Crippen LogP contribution in [0.2, 0.25) is 0 Å². The highest BCUT2D eigenvalue weighted by atomic mass is 32.1. The van der Waals surface area contributed by atoms with Gasteiger partial charge in [-0.2, -0.15) is 0 Å². The van der Waals surface area contributed by atoms with Crippen molar-refractivity contribution in [2.24, 2.45) is 0 Å². The molecule has 0 aromatic carbocycles. The molecule has 2 aliphatic heterocycles. The highest BCUT2D eigenvalue weighted by Gasteiger charge is 2.34. The van der Waals surface area contributed by atoms with Crippen molar-refractivity contribution in [2.75, 3.05) is 13.1 Å². The van der Waals surface area contributed by atoms with Gasteiger partial charge in [-0.25, -0.2) is 4.98 Å². The van der Waals surface area contributed by atoms with Gasteiger partial charge in [0.05, 0.1) is 34.3 Å². The number of amides is 2. The molecule has 1 fully saturated rings. The van der Waals surface area contributed by atoms with Crippen LogP contribution in [-0.2, 0) is 13.0 Å². The number of likely N-dealkylation sites (tertiary alicyclic amines) is 1. The van der Waals surface area contributed by atoms with Gasteiger partial charge in [0, 0.05) is 31.9 Å². The first-order valence-corrected chi connectivity index (χ1v) is 11.2. The van der Waals surface area contributed by atoms with E-state index in [-0.39, 0.29) is 30.0 Å².